The fraction of sp³-hybridized carbons (Fsp3) is 1.00. The molecule has 0 unspecified atom stereocenters. The Bertz CT molecular complexity index is 207. The van der Waals surface area contributed by atoms with Crippen molar-refractivity contribution in [3.63, 3.8) is 0 Å². The van der Waals surface area contributed by atoms with E-state index in [1.165, 1.54) is 11.8 Å². The molecule has 0 N–H and O–H groups in total. The molecule has 0 nitrogen and oxygen atoms in total. The molecule has 0 aromatic rings. The van der Waals surface area contributed by atoms with Crippen LogP contribution in [-0.2, 0) is 0 Å². The van der Waals surface area contributed by atoms with Crippen LogP contribution in [0.4, 0.5) is 0 Å². The van der Waals surface area contributed by atoms with Crippen molar-refractivity contribution in [2.75, 3.05) is 0 Å². The van der Waals surface area contributed by atoms with Crippen LogP contribution in [0.3, 0.4) is 0 Å². The summed E-state index contributed by atoms with van der Waals surface area (Å²) in [6, 6.07) is 0. The van der Waals surface area contributed by atoms with Gasteiger partial charge >= 0.3 is 128 Å². The Morgan fingerprint density at radius 1 is 0.400 bits per heavy atom. The smallest absolute Gasteiger partial charge is 1.00 e. The van der Waals surface area contributed by atoms with Gasteiger partial charge < -0.3 is 12.4 Å². The fourth-order valence-corrected chi connectivity index (χ4v) is 20.2. The molecule has 20 heavy (non-hydrogen) atoms. The monoisotopic (exact) mass is 404 g/mol. The Labute approximate surface area is 140 Å². The maximum atomic E-state index is 1.67. The van der Waals surface area contributed by atoms with E-state index in [0.29, 0.717) is 0 Å². The molecule has 3 rings (SSSR count). The second-order valence-electron chi connectivity index (χ2n) is 7.50. The minimum Gasteiger partial charge on any atom is -1.00 e. The predicted molar refractivity (Wildman–Crippen MR) is 86.3 cm³/mol. The van der Waals surface area contributed by atoms with Crippen LogP contribution in [0.2, 0.25) is 11.8 Å². The van der Waals surface area contributed by atoms with Crippen LogP contribution in [-0.4, -0.2) is 19.8 Å². The van der Waals surface area contributed by atoms with Crippen molar-refractivity contribution in [3.8, 4) is 0 Å². The maximum absolute atomic E-state index is 1.67. The molecule has 0 aromatic carbocycles. The van der Waals surface area contributed by atoms with Crippen LogP contribution in [0, 0.1) is 0 Å². The summed E-state index contributed by atoms with van der Waals surface area (Å²) in [5.74, 6) is 0. The van der Waals surface area contributed by atoms with Crippen molar-refractivity contribution in [2.24, 2.45) is 0 Å². The van der Waals surface area contributed by atoms with E-state index in [4.69, 9.17) is 0 Å². The van der Waals surface area contributed by atoms with Gasteiger partial charge in [0, 0.05) is 0 Å². The van der Waals surface area contributed by atoms with Crippen LogP contribution < -0.4 is 12.4 Å². The molecule has 0 aromatic heterocycles. The zero-order valence-corrected chi connectivity index (χ0v) is 16.8. The van der Waals surface area contributed by atoms with Gasteiger partial charge in [0.05, 0.1) is 0 Å². The summed E-state index contributed by atoms with van der Waals surface area (Å²) in [7, 11) is 0. The van der Waals surface area contributed by atoms with Gasteiger partial charge in [-0.3, -0.25) is 0 Å². The Morgan fingerprint density at radius 2 is 0.650 bits per heavy atom. The molecule has 2 heteroatoms. The molecule has 0 heterocycles. The summed E-state index contributed by atoms with van der Waals surface area (Å²) >= 11 is -1.15. The van der Waals surface area contributed by atoms with Gasteiger partial charge in [0.1, 0.15) is 0 Å². The van der Waals surface area contributed by atoms with Gasteiger partial charge in [0.2, 0.25) is 0 Å². The summed E-state index contributed by atoms with van der Waals surface area (Å²) in [5, 5.41) is 0. The molecule has 0 saturated heterocycles. The molecule has 0 spiro atoms. The van der Waals surface area contributed by atoms with Crippen molar-refractivity contribution in [3.05, 3.63) is 0 Å². The maximum Gasteiger partial charge on any atom is -1.00 e. The Hall–Kier alpha value is 1.09. The molecule has 0 bridgehead atoms. The van der Waals surface area contributed by atoms with Crippen LogP contribution in [0.15, 0.2) is 0 Å². The second-order valence-corrected chi connectivity index (χ2v) is 17.3. The molecule has 3 fully saturated rings. The van der Waals surface area contributed by atoms with Crippen molar-refractivity contribution in [1.82, 2.24) is 0 Å². The van der Waals surface area contributed by atoms with Crippen LogP contribution >= 0.6 is 0 Å². The van der Waals surface area contributed by atoms with E-state index in [1.54, 1.807) is 96.3 Å². The third-order valence-corrected chi connectivity index (χ3v) is 19.2. The minimum atomic E-state index is -1.15. The average molecular weight is 404 g/mol. The topological polar surface area (TPSA) is 0 Å². The van der Waals surface area contributed by atoms with Gasteiger partial charge in [-0.05, 0) is 0 Å². The van der Waals surface area contributed by atoms with Gasteiger partial charge in [0.25, 0.3) is 0 Å². The van der Waals surface area contributed by atoms with Gasteiger partial charge in [-0.15, -0.1) is 0 Å². The van der Waals surface area contributed by atoms with Gasteiger partial charge in [-0.1, -0.05) is 0 Å². The van der Waals surface area contributed by atoms with Crippen molar-refractivity contribution >= 4 is 19.8 Å². The average Bonchev–Trinajstić information content (AvgIpc) is 2.51. The Morgan fingerprint density at radius 3 is 0.900 bits per heavy atom. The first-order chi connectivity index (χ1) is 9.45. The number of hydrogen-bond acceptors (Lipinski definition) is 0. The van der Waals surface area contributed by atoms with E-state index in [9.17, 15) is 0 Å². The molecular weight excluding hydrogens is 370 g/mol. The summed E-state index contributed by atoms with van der Waals surface area (Å²) in [6.45, 7) is 0. The zero-order chi connectivity index (χ0) is 12.9. The van der Waals surface area contributed by atoms with E-state index in [-0.39, 0.29) is 12.4 Å². The largest absolute Gasteiger partial charge is 1.00 e. The van der Waals surface area contributed by atoms with Crippen molar-refractivity contribution in [2.45, 2.75) is 108 Å². The Balaban J connectivity index is 0.00000147. The van der Waals surface area contributed by atoms with E-state index >= 15 is 0 Å². The van der Waals surface area contributed by atoms with E-state index in [0.717, 1.165) is 0 Å². The molecule has 0 radical (unpaired) electrons. The standard InChI is InChI=1S/3C6H11.ClH.Sn/c3*1-2-4-6-5-3-1;;/h3*1H,2-6H2;1H;/q;;;;+1/p-1. The van der Waals surface area contributed by atoms with Crippen molar-refractivity contribution in [1.29, 1.82) is 0 Å². The molecule has 116 valence electrons. The minimum absolute atomic E-state index is 0. The molecule has 0 atom stereocenters. The molecule has 0 aliphatic heterocycles. The van der Waals surface area contributed by atoms with E-state index < -0.39 is 19.8 Å². The summed E-state index contributed by atoms with van der Waals surface area (Å²) in [6.07, 6.45) is 24.2. The van der Waals surface area contributed by atoms with Crippen LogP contribution in [0.5, 0.6) is 0 Å². The normalized spacial score (nSPS) is 27.0. The third kappa shape index (κ3) is 4.54. The predicted octanol–water partition coefficient (Wildman–Crippen LogP) is 3.49. The zero-order valence-electron chi connectivity index (χ0n) is 13.2. The van der Waals surface area contributed by atoms with Crippen LogP contribution in [0.25, 0.3) is 0 Å². The SMILES string of the molecule is C1CC[CH]([Sn+]([CH]2CCCCC2)[CH]2CCCCC2)CC1.[Cl-]. The number of rotatable bonds is 3. The first-order valence-electron chi connectivity index (χ1n) is 9.32. The molecular formula is C18H33ClSn. The second kappa shape index (κ2) is 9.28. The quantitative estimate of drug-likeness (QED) is 0.633. The van der Waals surface area contributed by atoms with Gasteiger partial charge in [-0.25, -0.2) is 0 Å². The third-order valence-electron chi connectivity index (χ3n) is 6.23. The number of halogens is 1. The summed E-state index contributed by atoms with van der Waals surface area (Å²) in [4.78, 5) is 0. The molecule has 3 saturated carbocycles. The first-order valence-corrected chi connectivity index (χ1v) is 14.3. The molecule has 3 aliphatic carbocycles. The van der Waals surface area contributed by atoms with Crippen molar-refractivity contribution < 1.29 is 12.4 Å². The van der Waals surface area contributed by atoms with Gasteiger partial charge in [-0.2, -0.15) is 0 Å². The number of hydrogen-bond donors (Lipinski definition) is 0. The Kier molecular flexibility index (Phi) is 8.09. The summed E-state index contributed by atoms with van der Waals surface area (Å²) < 4.78 is 3.96. The molecule has 3 aliphatic rings. The van der Waals surface area contributed by atoms with E-state index in [2.05, 4.69) is 0 Å². The van der Waals surface area contributed by atoms with E-state index in [1.807, 2.05) is 0 Å². The van der Waals surface area contributed by atoms with Gasteiger partial charge in [0.15, 0.2) is 0 Å². The van der Waals surface area contributed by atoms with Crippen LogP contribution in [0.1, 0.15) is 96.3 Å². The first kappa shape index (κ1) is 17.4. The summed E-state index contributed by atoms with van der Waals surface area (Å²) in [5.41, 5.74) is 0. The fourth-order valence-electron chi connectivity index (χ4n) is 5.31. The molecule has 0 amide bonds.